The monoisotopic (exact) mass is 292 g/mol. The largest absolute Gasteiger partial charge is 0.322 e. The fourth-order valence-corrected chi connectivity index (χ4v) is 1.99. The summed E-state index contributed by atoms with van der Waals surface area (Å²) in [6.45, 7) is 1.82. The molecule has 0 aliphatic carbocycles. The molecule has 2 N–H and O–H groups in total. The lowest BCUT2D eigenvalue weighted by molar-refractivity contribution is 0.791. The molecule has 0 aliphatic heterocycles. The van der Waals surface area contributed by atoms with Gasteiger partial charge in [0.2, 0.25) is 5.95 Å². The predicted molar refractivity (Wildman–Crippen MR) is 68.5 cm³/mol. The van der Waals surface area contributed by atoms with Crippen molar-refractivity contribution in [3.63, 3.8) is 0 Å². The molecule has 0 saturated heterocycles. The topological polar surface area (TPSA) is 66.5 Å². The zero-order chi connectivity index (χ0) is 12.0. The minimum Gasteiger partial charge on any atom is -0.322 e. The first-order valence-corrected chi connectivity index (χ1v) is 5.88. The second-order valence-electron chi connectivity index (χ2n) is 3.77. The van der Waals surface area contributed by atoms with Gasteiger partial charge in [0.15, 0.2) is 0 Å². The molecule has 0 aliphatic rings. The Kier molecular flexibility index (Phi) is 2.19. The highest BCUT2D eigenvalue weighted by Crippen LogP contribution is 2.14. The first-order valence-electron chi connectivity index (χ1n) is 5.09. The van der Waals surface area contributed by atoms with E-state index in [2.05, 4.69) is 31.0 Å². The fraction of sp³-hybridized carbons (Fsp3) is 0.0909. The van der Waals surface area contributed by atoms with Gasteiger partial charge in [0.05, 0.1) is 11.0 Å². The van der Waals surface area contributed by atoms with E-state index >= 15 is 0 Å². The molecule has 0 atom stereocenters. The van der Waals surface area contributed by atoms with Crippen molar-refractivity contribution in [1.29, 1.82) is 0 Å². The number of aromatic amines is 2. The molecule has 0 saturated carbocycles. The molecule has 2 aromatic heterocycles. The Morgan fingerprint density at radius 1 is 1.35 bits per heavy atom. The molecule has 1 aromatic carbocycles. The lowest BCUT2D eigenvalue weighted by atomic mass is 10.3. The number of aryl methyl sites for hydroxylation is 1. The van der Waals surface area contributed by atoms with Gasteiger partial charge in [-0.15, -0.1) is 0 Å². The molecule has 0 fully saturated rings. The van der Waals surface area contributed by atoms with Crippen molar-refractivity contribution >= 4 is 27.0 Å². The van der Waals surface area contributed by atoms with E-state index in [-0.39, 0.29) is 5.56 Å². The van der Waals surface area contributed by atoms with Gasteiger partial charge in [0.25, 0.3) is 5.56 Å². The summed E-state index contributed by atoms with van der Waals surface area (Å²) in [5, 5.41) is 2.95. The quantitative estimate of drug-likeness (QED) is 0.721. The number of halogens is 1. The molecule has 17 heavy (non-hydrogen) atoms. The van der Waals surface area contributed by atoms with Gasteiger partial charge >= 0.3 is 0 Å². The number of aromatic nitrogens is 4. The van der Waals surface area contributed by atoms with E-state index in [0.29, 0.717) is 10.4 Å². The summed E-state index contributed by atoms with van der Waals surface area (Å²) in [6.07, 6.45) is 0. The number of nitrogens with one attached hydrogen (secondary N) is 2. The van der Waals surface area contributed by atoms with Gasteiger partial charge in [-0.3, -0.25) is 9.89 Å². The second-order valence-corrected chi connectivity index (χ2v) is 4.56. The Labute approximate surface area is 105 Å². The van der Waals surface area contributed by atoms with Crippen LogP contribution in [0.4, 0.5) is 0 Å². The molecule has 86 valence electrons. The van der Waals surface area contributed by atoms with E-state index in [1.54, 1.807) is 0 Å². The van der Waals surface area contributed by atoms with Crippen LogP contribution in [0, 0.1) is 6.92 Å². The van der Waals surface area contributed by atoms with Crippen LogP contribution in [0.3, 0.4) is 0 Å². The zero-order valence-electron chi connectivity index (χ0n) is 8.99. The Hall–Kier alpha value is -1.82. The van der Waals surface area contributed by atoms with Gasteiger partial charge in [-0.25, -0.2) is 4.98 Å². The maximum absolute atomic E-state index is 11.9. The van der Waals surface area contributed by atoms with Crippen LogP contribution in [-0.4, -0.2) is 19.7 Å². The molecule has 5 nitrogen and oxygen atoms in total. The summed E-state index contributed by atoms with van der Waals surface area (Å²) in [5.74, 6) is 0.491. The van der Waals surface area contributed by atoms with E-state index in [4.69, 9.17) is 0 Å². The van der Waals surface area contributed by atoms with E-state index < -0.39 is 0 Å². The Morgan fingerprint density at radius 2 is 2.12 bits per heavy atom. The Bertz CT molecular complexity index is 719. The minimum atomic E-state index is -0.151. The van der Waals surface area contributed by atoms with Gasteiger partial charge in [-0.2, -0.15) is 4.68 Å². The maximum atomic E-state index is 11.9. The predicted octanol–water partition coefficient (Wildman–Crippen LogP) is 2.11. The molecule has 0 radical (unpaired) electrons. The van der Waals surface area contributed by atoms with Gasteiger partial charge in [-0.1, -0.05) is 12.1 Å². The highest BCUT2D eigenvalue weighted by molar-refractivity contribution is 9.10. The van der Waals surface area contributed by atoms with E-state index in [0.717, 1.165) is 16.7 Å². The van der Waals surface area contributed by atoms with Crippen LogP contribution in [0.5, 0.6) is 0 Å². The minimum absolute atomic E-state index is 0.151. The normalized spacial score (nSPS) is 11.2. The van der Waals surface area contributed by atoms with Crippen molar-refractivity contribution in [3.05, 3.63) is 44.8 Å². The molecule has 3 aromatic rings. The van der Waals surface area contributed by atoms with Crippen molar-refractivity contribution in [1.82, 2.24) is 19.7 Å². The Balaban J connectivity index is 2.27. The highest BCUT2D eigenvalue weighted by atomic mass is 79.9. The van der Waals surface area contributed by atoms with Crippen LogP contribution in [0.15, 0.2) is 33.5 Å². The molecule has 2 heterocycles. The molecule has 3 rings (SSSR count). The standard InChI is InChI=1S/C11H9BrN4O/c1-6-9(12)10(17)16(15-6)11-13-7-4-2-3-5-8(7)14-11/h2-5,15H,1H3,(H,13,14). The van der Waals surface area contributed by atoms with Crippen LogP contribution in [0.2, 0.25) is 0 Å². The van der Waals surface area contributed by atoms with E-state index in [1.807, 2.05) is 31.2 Å². The molecule has 0 unspecified atom stereocenters. The summed E-state index contributed by atoms with van der Waals surface area (Å²) in [5.41, 5.74) is 2.35. The highest BCUT2D eigenvalue weighted by Gasteiger charge is 2.12. The van der Waals surface area contributed by atoms with Crippen molar-refractivity contribution in [2.45, 2.75) is 6.92 Å². The van der Waals surface area contributed by atoms with Gasteiger partial charge in [-0.05, 0) is 35.0 Å². The van der Waals surface area contributed by atoms with Crippen molar-refractivity contribution in [3.8, 4) is 5.95 Å². The van der Waals surface area contributed by atoms with Crippen LogP contribution in [0.1, 0.15) is 5.69 Å². The molecule has 0 spiro atoms. The van der Waals surface area contributed by atoms with Crippen molar-refractivity contribution in [2.75, 3.05) is 0 Å². The average molecular weight is 293 g/mol. The maximum Gasteiger partial charge on any atom is 0.288 e. The fourth-order valence-electron chi connectivity index (χ4n) is 1.72. The summed E-state index contributed by atoms with van der Waals surface area (Å²) in [7, 11) is 0. The third-order valence-electron chi connectivity index (χ3n) is 2.59. The summed E-state index contributed by atoms with van der Waals surface area (Å²) in [6, 6.07) is 7.64. The number of benzene rings is 1. The number of para-hydroxylation sites is 2. The van der Waals surface area contributed by atoms with Gasteiger partial charge in [0, 0.05) is 5.69 Å². The smallest absolute Gasteiger partial charge is 0.288 e. The van der Waals surface area contributed by atoms with E-state index in [9.17, 15) is 4.79 Å². The van der Waals surface area contributed by atoms with Crippen molar-refractivity contribution in [2.24, 2.45) is 0 Å². The lowest BCUT2D eigenvalue weighted by Crippen LogP contribution is -2.15. The molecular formula is C11H9BrN4O. The molecule has 0 amide bonds. The van der Waals surface area contributed by atoms with Crippen LogP contribution >= 0.6 is 15.9 Å². The van der Waals surface area contributed by atoms with Crippen LogP contribution in [0.25, 0.3) is 17.0 Å². The van der Waals surface area contributed by atoms with Gasteiger partial charge < -0.3 is 4.98 Å². The van der Waals surface area contributed by atoms with Gasteiger partial charge in [0.1, 0.15) is 4.47 Å². The molecular weight excluding hydrogens is 284 g/mol. The number of H-pyrrole nitrogens is 2. The van der Waals surface area contributed by atoms with Crippen molar-refractivity contribution < 1.29 is 0 Å². The summed E-state index contributed by atoms with van der Waals surface area (Å²) < 4.78 is 1.91. The van der Waals surface area contributed by atoms with Crippen LogP contribution in [-0.2, 0) is 0 Å². The number of imidazole rings is 1. The summed E-state index contributed by atoms with van der Waals surface area (Å²) in [4.78, 5) is 19.3. The van der Waals surface area contributed by atoms with Crippen LogP contribution < -0.4 is 5.56 Å². The third-order valence-corrected chi connectivity index (χ3v) is 3.52. The number of rotatable bonds is 1. The third kappa shape index (κ3) is 1.52. The number of nitrogens with zero attached hydrogens (tertiary/aromatic N) is 2. The molecule has 6 heteroatoms. The zero-order valence-corrected chi connectivity index (χ0v) is 10.6. The lowest BCUT2D eigenvalue weighted by Gasteiger charge is -1.93. The Morgan fingerprint density at radius 3 is 2.76 bits per heavy atom. The SMILES string of the molecule is Cc1[nH]n(-c2nc3ccccc3[nH]2)c(=O)c1Br. The number of fused-ring (bicyclic) bond motifs is 1. The molecule has 0 bridgehead atoms. The second kappa shape index (κ2) is 3.59. The first kappa shape index (κ1) is 10.3. The first-order chi connectivity index (χ1) is 8.16. The average Bonchev–Trinajstić information content (AvgIpc) is 2.86. The number of hydrogen-bond donors (Lipinski definition) is 2. The number of hydrogen-bond acceptors (Lipinski definition) is 2. The summed E-state index contributed by atoms with van der Waals surface area (Å²) >= 11 is 3.23. The van der Waals surface area contributed by atoms with E-state index in [1.165, 1.54) is 4.68 Å².